The van der Waals surface area contributed by atoms with E-state index in [0.717, 1.165) is 38.6 Å². The summed E-state index contributed by atoms with van der Waals surface area (Å²) in [6, 6.07) is 21.6. The summed E-state index contributed by atoms with van der Waals surface area (Å²) >= 11 is 7.03. The first-order valence-electron chi connectivity index (χ1n) is 11.6. The van der Waals surface area contributed by atoms with Crippen LogP contribution in [-0.2, 0) is 14.8 Å². The maximum Gasteiger partial charge on any atom is 0.325 e. The molecule has 0 aliphatic heterocycles. The number of halogens is 1. The predicted octanol–water partition coefficient (Wildman–Crippen LogP) is 5.93. The Morgan fingerprint density at radius 1 is 1.14 bits per heavy atom. The molecule has 1 fully saturated rings. The van der Waals surface area contributed by atoms with Crippen molar-refractivity contribution in [1.82, 2.24) is 9.71 Å². The molecular formula is C27H24ClN3O4S2. The molecule has 0 spiro atoms. The lowest BCUT2D eigenvalue weighted by Gasteiger charge is -2.17. The molecule has 37 heavy (non-hydrogen) atoms. The van der Waals surface area contributed by atoms with E-state index in [4.69, 9.17) is 11.6 Å². The van der Waals surface area contributed by atoms with E-state index in [-0.39, 0.29) is 16.7 Å². The van der Waals surface area contributed by atoms with Crippen LogP contribution in [0.4, 0.5) is 5.69 Å². The number of nitrogens with one attached hydrogen (secondary N) is 2. The number of thiophene rings is 1. The SMILES string of the molecule is CC(Nc1cccc(C2CC2(NS(=O)(=O)c2ccc(-c3ccc(Cl)cc3)s2)C(=O)O)c1)c1cccnc1. The van der Waals surface area contributed by atoms with E-state index in [0.29, 0.717) is 5.02 Å². The van der Waals surface area contributed by atoms with Gasteiger partial charge in [-0.2, -0.15) is 4.72 Å². The van der Waals surface area contributed by atoms with Gasteiger partial charge >= 0.3 is 5.97 Å². The van der Waals surface area contributed by atoms with Gasteiger partial charge in [0.1, 0.15) is 9.75 Å². The van der Waals surface area contributed by atoms with Crippen LogP contribution in [0.3, 0.4) is 0 Å². The summed E-state index contributed by atoms with van der Waals surface area (Å²) in [5, 5.41) is 14.0. The zero-order chi connectivity index (χ0) is 26.2. The molecule has 0 amide bonds. The van der Waals surface area contributed by atoms with Crippen LogP contribution >= 0.6 is 22.9 Å². The average Bonchev–Trinajstić information content (AvgIpc) is 3.38. The second kappa shape index (κ2) is 9.90. The number of carboxylic acid groups (broad SMARTS) is 1. The smallest absolute Gasteiger partial charge is 0.325 e. The summed E-state index contributed by atoms with van der Waals surface area (Å²) in [7, 11) is -4.06. The standard InChI is InChI=1S/C27H24ClN3O4S2/c1-17(20-5-3-13-29-16-20)30-22-6-2-4-19(14-22)23-15-27(23,26(32)33)31-37(34,35)25-12-11-24(36-25)18-7-9-21(28)10-8-18/h2-14,16-17,23,30-31H,15H2,1H3,(H,32,33). The van der Waals surface area contributed by atoms with E-state index in [2.05, 4.69) is 15.0 Å². The van der Waals surface area contributed by atoms with Gasteiger partial charge < -0.3 is 10.4 Å². The van der Waals surface area contributed by atoms with E-state index in [1.807, 2.05) is 55.5 Å². The number of aliphatic carboxylic acids is 1. The van der Waals surface area contributed by atoms with E-state index in [1.54, 1.807) is 30.6 Å². The van der Waals surface area contributed by atoms with Crippen molar-refractivity contribution in [3.05, 3.63) is 101 Å². The number of nitrogens with zero attached hydrogens (tertiary/aromatic N) is 1. The highest BCUT2D eigenvalue weighted by molar-refractivity contribution is 7.91. The van der Waals surface area contributed by atoms with Crippen molar-refractivity contribution in [3.8, 4) is 10.4 Å². The van der Waals surface area contributed by atoms with Crippen LogP contribution in [0, 0.1) is 0 Å². The fourth-order valence-electron chi connectivity index (χ4n) is 4.39. The maximum absolute atomic E-state index is 13.2. The normalized spacial score (nSPS) is 19.8. The van der Waals surface area contributed by atoms with Crippen LogP contribution in [0.5, 0.6) is 0 Å². The van der Waals surface area contributed by atoms with E-state index >= 15 is 0 Å². The van der Waals surface area contributed by atoms with Crippen molar-refractivity contribution in [2.45, 2.75) is 35.1 Å². The number of sulfonamides is 1. The predicted molar refractivity (Wildman–Crippen MR) is 146 cm³/mol. The third-order valence-electron chi connectivity index (χ3n) is 6.49. The lowest BCUT2D eigenvalue weighted by molar-refractivity contribution is -0.140. The molecule has 2 heterocycles. The lowest BCUT2D eigenvalue weighted by Crippen LogP contribution is -2.44. The Kier molecular flexibility index (Phi) is 6.80. The molecule has 10 heteroatoms. The Morgan fingerprint density at radius 3 is 2.62 bits per heavy atom. The van der Waals surface area contributed by atoms with Gasteiger partial charge in [-0.1, -0.05) is 41.9 Å². The molecule has 2 aromatic carbocycles. The number of rotatable bonds is 9. The summed E-state index contributed by atoms with van der Waals surface area (Å²) in [5.41, 5.74) is 1.81. The first-order chi connectivity index (χ1) is 17.7. The molecule has 190 valence electrons. The van der Waals surface area contributed by atoms with Gasteiger partial charge in [-0.15, -0.1) is 11.3 Å². The topological polar surface area (TPSA) is 108 Å². The molecule has 0 bridgehead atoms. The quantitative estimate of drug-likeness (QED) is 0.237. The molecule has 0 radical (unpaired) electrons. The monoisotopic (exact) mass is 553 g/mol. The summed E-state index contributed by atoms with van der Waals surface area (Å²) in [6.07, 6.45) is 3.67. The van der Waals surface area contributed by atoms with Crippen LogP contribution in [0.1, 0.15) is 36.4 Å². The number of carboxylic acids is 1. The molecule has 3 N–H and O–H groups in total. The van der Waals surface area contributed by atoms with Crippen molar-refractivity contribution in [1.29, 1.82) is 0 Å². The minimum Gasteiger partial charge on any atom is -0.480 e. The highest BCUT2D eigenvalue weighted by atomic mass is 35.5. The fourth-order valence-corrected chi connectivity index (χ4v) is 7.24. The first kappa shape index (κ1) is 25.4. The van der Waals surface area contributed by atoms with Gasteiger partial charge in [0, 0.05) is 33.9 Å². The van der Waals surface area contributed by atoms with Crippen LogP contribution in [0.2, 0.25) is 5.02 Å². The van der Waals surface area contributed by atoms with Gasteiger partial charge in [0.2, 0.25) is 0 Å². The number of pyridine rings is 1. The van der Waals surface area contributed by atoms with Gasteiger partial charge in [0.25, 0.3) is 10.0 Å². The molecule has 7 nitrogen and oxygen atoms in total. The fraction of sp³-hybridized carbons (Fsp3) is 0.185. The van der Waals surface area contributed by atoms with E-state index < -0.39 is 27.4 Å². The van der Waals surface area contributed by atoms with Crippen LogP contribution in [-0.4, -0.2) is 30.0 Å². The number of hydrogen-bond donors (Lipinski definition) is 3. The highest BCUT2D eigenvalue weighted by Crippen LogP contribution is 2.53. The van der Waals surface area contributed by atoms with Gasteiger partial charge in [-0.25, -0.2) is 8.42 Å². The molecule has 3 atom stereocenters. The van der Waals surface area contributed by atoms with Crippen molar-refractivity contribution >= 4 is 44.6 Å². The van der Waals surface area contributed by atoms with E-state index in [9.17, 15) is 18.3 Å². The largest absolute Gasteiger partial charge is 0.480 e. The third-order valence-corrected chi connectivity index (χ3v) is 9.88. The highest BCUT2D eigenvalue weighted by Gasteiger charge is 2.63. The minimum absolute atomic E-state index is 0.0143. The van der Waals surface area contributed by atoms with Crippen molar-refractivity contribution in [2.24, 2.45) is 0 Å². The zero-order valence-corrected chi connectivity index (χ0v) is 22.1. The number of benzene rings is 2. The number of hydrogen-bond acceptors (Lipinski definition) is 6. The molecule has 5 rings (SSSR count). The molecular weight excluding hydrogens is 530 g/mol. The minimum atomic E-state index is -4.06. The van der Waals surface area contributed by atoms with Gasteiger partial charge in [0.15, 0.2) is 0 Å². The van der Waals surface area contributed by atoms with Gasteiger partial charge in [0.05, 0.1) is 6.04 Å². The Hall–Kier alpha value is -3.24. The molecule has 1 aliphatic rings. The summed E-state index contributed by atoms with van der Waals surface area (Å²) in [5.74, 6) is -1.69. The first-order valence-corrected chi connectivity index (χ1v) is 14.3. The summed E-state index contributed by atoms with van der Waals surface area (Å²) in [4.78, 5) is 17.2. The Labute approximate surface area is 224 Å². The van der Waals surface area contributed by atoms with Crippen LogP contribution < -0.4 is 10.0 Å². The molecule has 1 saturated carbocycles. The second-order valence-corrected chi connectivity index (χ2v) is 12.5. The van der Waals surface area contributed by atoms with Crippen molar-refractivity contribution in [3.63, 3.8) is 0 Å². The van der Waals surface area contributed by atoms with Gasteiger partial charge in [-0.3, -0.25) is 9.78 Å². The average molecular weight is 554 g/mol. The van der Waals surface area contributed by atoms with Gasteiger partial charge in [-0.05, 0) is 72.5 Å². The van der Waals surface area contributed by atoms with Crippen molar-refractivity contribution < 1.29 is 18.3 Å². The number of aromatic nitrogens is 1. The van der Waals surface area contributed by atoms with Crippen LogP contribution in [0.15, 0.2) is 89.4 Å². The second-order valence-electron chi connectivity index (χ2n) is 9.04. The zero-order valence-electron chi connectivity index (χ0n) is 19.8. The molecule has 2 aromatic heterocycles. The van der Waals surface area contributed by atoms with Crippen LogP contribution in [0.25, 0.3) is 10.4 Å². The Morgan fingerprint density at radius 2 is 1.92 bits per heavy atom. The molecule has 4 aromatic rings. The lowest BCUT2D eigenvalue weighted by atomic mass is 10.0. The molecule has 1 aliphatic carbocycles. The molecule has 0 saturated heterocycles. The number of anilines is 1. The molecule has 3 unspecified atom stereocenters. The Bertz CT molecular complexity index is 1540. The summed E-state index contributed by atoms with van der Waals surface area (Å²) < 4.78 is 29.0. The number of carbonyl (C=O) groups is 1. The van der Waals surface area contributed by atoms with E-state index in [1.165, 1.54) is 6.07 Å². The Balaban J connectivity index is 1.35. The third kappa shape index (κ3) is 5.26. The maximum atomic E-state index is 13.2. The van der Waals surface area contributed by atoms with Crippen molar-refractivity contribution in [2.75, 3.05) is 5.32 Å². The summed E-state index contributed by atoms with van der Waals surface area (Å²) in [6.45, 7) is 2.01.